The minimum absolute atomic E-state index is 0.0911. The van der Waals surface area contributed by atoms with Gasteiger partial charge in [0, 0.05) is 55.6 Å². The number of hydrogen-bond donors (Lipinski definition) is 1. The standard InChI is InChI=1S/C20H27N5O2/c1-3-25-19-8-10-27-13-16(19)18(23-25)12-24-9-7-15(11-24)22-20(26)17-6-4-5-14(2)21-17/h4-6,15H,3,7-13H2,1-2H3,(H,22,26). The van der Waals surface area contributed by atoms with Crippen LogP contribution in [0, 0.1) is 6.92 Å². The van der Waals surface area contributed by atoms with E-state index in [4.69, 9.17) is 9.84 Å². The first-order valence-electron chi connectivity index (χ1n) is 9.76. The van der Waals surface area contributed by atoms with Gasteiger partial charge in [0.25, 0.3) is 5.91 Å². The number of carbonyl (C=O) groups excluding carboxylic acids is 1. The Balaban J connectivity index is 1.38. The van der Waals surface area contributed by atoms with Gasteiger partial charge in [-0.3, -0.25) is 14.4 Å². The lowest BCUT2D eigenvalue weighted by Crippen LogP contribution is -2.37. The summed E-state index contributed by atoms with van der Waals surface area (Å²) < 4.78 is 7.77. The summed E-state index contributed by atoms with van der Waals surface area (Å²) in [7, 11) is 0. The van der Waals surface area contributed by atoms with Gasteiger partial charge in [-0.2, -0.15) is 5.10 Å². The molecule has 4 rings (SSSR count). The quantitative estimate of drug-likeness (QED) is 0.868. The molecule has 0 spiro atoms. The fourth-order valence-corrected chi connectivity index (χ4v) is 4.00. The Morgan fingerprint density at radius 1 is 1.41 bits per heavy atom. The van der Waals surface area contributed by atoms with E-state index in [1.807, 2.05) is 19.1 Å². The van der Waals surface area contributed by atoms with E-state index in [1.54, 1.807) is 6.07 Å². The topological polar surface area (TPSA) is 72.3 Å². The number of fused-ring (bicyclic) bond motifs is 1. The molecule has 1 atom stereocenters. The van der Waals surface area contributed by atoms with Gasteiger partial charge in [0.15, 0.2) is 0 Å². The molecule has 1 fully saturated rings. The Hall–Kier alpha value is -2.25. The van der Waals surface area contributed by atoms with Crippen LogP contribution in [0.15, 0.2) is 18.2 Å². The van der Waals surface area contributed by atoms with E-state index in [1.165, 1.54) is 11.3 Å². The summed E-state index contributed by atoms with van der Waals surface area (Å²) in [6, 6.07) is 5.68. The summed E-state index contributed by atoms with van der Waals surface area (Å²) in [5.41, 5.74) is 5.06. The highest BCUT2D eigenvalue weighted by molar-refractivity contribution is 5.92. The fraction of sp³-hybridized carbons (Fsp3) is 0.550. The molecule has 144 valence electrons. The first-order valence-corrected chi connectivity index (χ1v) is 9.76. The zero-order chi connectivity index (χ0) is 18.8. The first kappa shape index (κ1) is 18.1. The monoisotopic (exact) mass is 369 g/mol. The van der Waals surface area contributed by atoms with Crippen molar-refractivity contribution >= 4 is 5.91 Å². The lowest BCUT2D eigenvalue weighted by atomic mass is 10.1. The van der Waals surface area contributed by atoms with Crippen molar-refractivity contribution in [3.8, 4) is 0 Å². The van der Waals surface area contributed by atoms with Crippen molar-refractivity contribution in [1.29, 1.82) is 0 Å². The van der Waals surface area contributed by atoms with Crippen molar-refractivity contribution in [3.05, 3.63) is 46.5 Å². The number of likely N-dealkylation sites (tertiary alicyclic amines) is 1. The molecule has 0 aromatic carbocycles. The number of nitrogens with one attached hydrogen (secondary N) is 1. The normalized spacial score (nSPS) is 19.9. The second-order valence-electron chi connectivity index (χ2n) is 7.35. The number of amides is 1. The molecule has 27 heavy (non-hydrogen) atoms. The first-order chi connectivity index (χ1) is 13.1. The summed E-state index contributed by atoms with van der Waals surface area (Å²) in [6.45, 7) is 8.98. The molecule has 0 saturated carbocycles. The van der Waals surface area contributed by atoms with Crippen molar-refractivity contribution in [3.63, 3.8) is 0 Å². The van der Waals surface area contributed by atoms with Crippen molar-refractivity contribution in [1.82, 2.24) is 25.0 Å². The molecule has 1 amide bonds. The van der Waals surface area contributed by atoms with Crippen molar-refractivity contribution in [2.75, 3.05) is 19.7 Å². The maximum absolute atomic E-state index is 12.4. The van der Waals surface area contributed by atoms with E-state index in [9.17, 15) is 4.79 Å². The lowest BCUT2D eigenvalue weighted by Gasteiger charge is -2.18. The van der Waals surface area contributed by atoms with Crippen LogP contribution in [0.4, 0.5) is 0 Å². The van der Waals surface area contributed by atoms with Crippen LogP contribution >= 0.6 is 0 Å². The number of nitrogens with zero attached hydrogens (tertiary/aromatic N) is 4. The Bertz CT molecular complexity index is 832. The third-order valence-electron chi connectivity index (χ3n) is 5.38. The average Bonchev–Trinajstić information content (AvgIpc) is 3.26. The van der Waals surface area contributed by atoms with Gasteiger partial charge in [-0.05, 0) is 32.4 Å². The highest BCUT2D eigenvalue weighted by atomic mass is 16.5. The second-order valence-corrected chi connectivity index (χ2v) is 7.35. The third-order valence-corrected chi connectivity index (χ3v) is 5.38. The predicted octanol–water partition coefficient (Wildman–Crippen LogP) is 1.68. The lowest BCUT2D eigenvalue weighted by molar-refractivity contribution is 0.0932. The largest absolute Gasteiger partial charge is 0.376 e. The number of carbonyl (C=O) groups is 1. The second kappa shape index (κ2) is 7.78. The summed E-state index contributed by atoms with van der Waals surface area (Å²) >= 11 is 0. The number of aromatic nitrogens is 3. The van der Waals surface area contributed by atoms with Crippen molar-refractivity contribution in [2.24, 2.45) is 0 Å². The van der Waals surface area contributed by atoms with E-state index in [-0.39, 0.29) is 11.9 Å². The fourth-order valence-electron chi connectivity index (χ4n) is 4.00. The molecule has 1 N–H and O–H groups in total. The third kappa shape index (κ3) is 3.89. The maximum atomic E-state index is 12.4. The zero-order valence-corrected chi connectivity index (χ0v) is 16.1. The van der Waals surface area contributed by atoms with E-state index in [0.29, 0.717) is 12.3 Å². The van der Waals surface area contributed by atoms with Crippen LogP contribution in [-0.2, 0) is 30.9 Å². The number of rotatable bonds is 5. The van der Waals surface area contributed by atoms with E-state index in [2.05, 4.69) is 26.8 Å². The average molecular weight is 369 g/mol. The molecular formula is C20H27N5O2. The highest BCUT2D eigenvalue weighted by Crippen LogP contribution is 2.23. The summed E-state index contributed by atoms with van der Waals surface area (Å²) in [4.78, 5) is 19.1. The van der Waals surface area contributed by atoms with Crippen LogP contribution in [-0.4, -0.2) is 51.3 Å². The van der Waals surface area contributed by atoms with Gasteiger partial charge in [0.05, 0.1) is 18.9 Å². The Morgan fingerprint density at radius 3 is 3.11 bits per heavy atom. The van der Waals surface area contributed by atoms with Crippen LogP contribution in [0.1, 0.15) is 46.5 Å². The van der Waals surface area contributed by atoms with E-state index in [0.717, 1.165) is 57.0 Å². The summed E-state index contributed by atoms with van der Waals surface area (Å²) in [5, 5.41) is 7.94. The van der Waals surface area contributed by atoms with Crippen LogP contribution in [0.2, 0.25) is 0 Å². The van der Waals surface area contributed by atoms with Gasteiger partial charge >= 0.3 is 0 Å². The number of ether oxygens (including phenoxy) is 1. The smallest absolute Gasteiger partial charge is 0.270 e. The van der Waals surface area contributed by atoms with Crippen LogP contribution in [0.5, 0.6) is 0 Å². The SMILES string of the molecule is CCn1nc(CN2CCC(NC(=O)c3cccc(C)n3)C2)c2c1CCOC2. The summed E-state index contributed by atoms with van der Waals surface area (Å²) in [5.74, 6) is -0.0911. The molecule has 0 radical (unpaired) electrons. The van der Waals surface area contributed by atoms with Crippen LogP contribution < -0.4 is 5.32 Å². The molecule has 1 saturated heterocycles. The molecule has 7 nitrogen and oxygen atoms in total. The Labute approximate surface area is 159 Å². The minimum Gasteiger partial charge on any atom is -0.376 e. The van der Waals surface area contributed by atoms with E-state index < -0.39 is 0 Å². The highest BCUT2D eigenvalue weighted by Gasteiger charge is 2.27. The Morgan fingerprint density at radius 2 is 2.30 bits per heavy atom. The minimum atomic E-state index is -0.0911. The van der Waals surface area contributed by atoms with Gasteiger partial charge in [-0.25, -0.2) is 4.98 Å². The molecule has 2 aromatic rings. The number of hydrogen-bond acceptors (Lipinski definition) is 5. The van der Waals surface area contributed by atoms with Crippen molar-refractivity contribution < 1.29 is 9.53 Å². The summed E-state index contributed by atoms with van der Waals surface area (Å²) in [6.07, 6.45) is 1.89. The van der Waals surface area contributed by atoms with Gasteiger partial charge in [0.1, 0.15) is 5.69 Å². The molecule has 2 aromatic heterocycles. The van der Waals surface area contributed by atoms with Crippen LogP contribution in [0.3, 0.4) is 0 Å². The molecule has 0 aliphatic carbocycles. The van der Waals surface area contributed by atoms with E-state index >= 15 is 0 Å². The zero-order valence-electron chi connectivity index (χ0n) is 16.1. The van der Waals surface area contributed by atoms with Gasteiger partial charge in [-0.1, -0.05) is 6.07 Å². The van der Waals surface area contributed by atoms with Gasteiger partial charge < -0.3 is 10.1 Å². The van der Waals surface area contributed by atoms with Crippen molar-refractivity contribution in [2.45, 2.75) is 52.4 Å². The van der Waals surface area contributed by atoms with Gasteiger partial charge in [-0.15, -0.1) is 0 Å². The van der Waals surface area contributed by atoms with Crippen LogP contribution in [0.25, 0.3) is 0 Å². The predicted molar refractivity (Wildman–Crippen MR) is 101 cm³/mol. The molecule has 0 bridgehead atoms. The Kier molecular flexibility index (Phi) is 5.22. The molecule has 1 unspecified atom stereocenters. The number of aryl methyl sites for hydroxylation is 2. The number of pyridine rings is 1. The van der Waals surface area contributed by atoms with Gasteiger partial charge in [0.2, 0.25) is 0 Å². The molecule has 7 heteroatoms. The molecule has 4 heterocycles. The maximum Gasteiger partial charge on any atom is 0.270 e. The molecule has 2 aliphatic heterocycles. The molecular weight excluding hydrogens is 342 g/mol. The molecule has 2 aliphatic rings.